The van der Waals surface area contributed by atoms with Crippen molar-refractivity contribution in [3.63, 3.8) is 0 Å². The van der Waals surface area contributed by atoms with Crippen molar-refractivity contribution < 1.29 is 4.39 Å². The molecule has 2 N–H and O–H groups in total. The van der Waals surface area contributed by atoms with Crippen molar-refractivity contribution in [3.05, 3.63) is 33.0 Å². The summed E-state index contributed by atoms with van der Waals surface area (Å²) < 4.78 is 14.7. The number of nitrogens with two attached hydrogens (primary N) is 1. The van der Waals surface area contributed by atoms with Gasteiger partial charge in [-0.25, -0.2) is 4.39 Å². The van der Waals surface area contributed by atoms with Crippen LogP contribution in [-0.4, -0.2) is 0 Å². The molecule has 0 aliphatic heterocycles. The van der Waals surface area contributed by atoms with Crippen molar-refractivity contribution in [1.82, 2.24) is 0 Å². The Morgan fingerprint density at radius 3 is 2.56 bits per heavy atom. The Bertz CT molecular complexity index is 430. The monoisotopic (exact) mass is 333 g/mol. The number of hydrogen-bond acceptors (Lipinski definition) is 1. The Hall–Kier alpha value is -0.120. The van der Waals surface area contributed by atoms with E-state index in [9.17, 15) is 4.39 Å². The molecule has 4 heteroatoms. The van der Waals surface area contributed by atoms with Gasteiger partial charge in [0.2, 0.25) is 0 Å². The molecule has 100 valence electrons. The van der Waals surface area contributed by atoms with Crippen LogP contribution >= 0.6 is 27.5 Å². The molecule has 1 atom stereocenters. The minimum Gasteiger partial charge on any atom is -0.324 e. The summed E-state index contributed by atoms with van der Waals surface area (Å²) in [5.74, 6) is 0.761. The highest BCUT2D eigenvalue weighted by atomic mass is 79.9. The molecule has 1 saturated carbocycles. The van der Waals surface area contributed by atoms with Crippen molar-refractivity contribution in [1.29, 1.82) is 0 Å². The highest BCUT2D eigenvalue weighted by Crippen LogP contribution is 2.38. The molecule has 0 spiro atoms. The number of hydrogen-bond donors (Lipinski definition) is 1. The molecule has 1 nitrogen and oxygen atoms in total. The third kappa shape index (κ3) is 2.89. The SMILES string of the molecule is CC1CCC(C(N)c2ccc(Br)c(Cl)c2F)CC1. The predicted octanol–water partition coefficient (Wildman–Crippen LogP) is 5.07. The fraction of sp³-hybridized carbons (Fsp3) is 0.571. The lowest BCUT2D eigenvalue weighted by Crippen LogP contribution is -2.26. The van der Waals surface area contributed by atoms with Crippen LogP contribution in [0.2, 0.25) is 5.02 Å². The largest absolute Gasteiger partial charge is 0.324 e. The molecule has 0 saturated heterocycles. The first-order chi connectivity index (χ1) is 8.50. The van der Waals surface area contributed by atoms with Crippen LogP contribution < -0.4 is 5.73 Å². The highest BCUT2D eigenvalue weighted by Gasteiger charge is 2.27. The van der Waals surface area contributed by atoms with Crippen molar-refractivity contribution in [2.24, 2.45) is 17.6 Å². The number of halogens is 3. The molecule has 2 rings (SSSR count). The number of benzene rings is 1. The van der Waals surface area contributed by atoms with Crippen LogP contribution in [-0.2, 0) is 0 Å². The fourth-order valence-electron chi connectivity index (χ4n) is 2.70. The molecule has 18 heavy (non-hydrogen) atoms. The van der Waals surface area contributed by atoms with Crippen LogP contribution in [0.1, 0.15) is 44.2 Å². The Morgan fingerprint density at radius 2 is 1.94 bits per heavy atom. The average molecular weight is 335 g/mol. The van der Waals surface area contributed by atoms with E-state index in [0.717, 1.165) is 18.8 Å². The fourth-order valence-corrected chi connectivity index (χ4v) is 3.18. The zero-order chi connectivity index (χ0) is 13.3. The van der Waals surface area contributed by atoms with Gasteiger partial charge in [-0.1, -0.05) is 37.4 Å². The standard InChI is InChI=1S/C14H18BrClFN/c1-8-2-4-9(5-3-8)14(18)10-6-7-11(15)12(16)13(10)17/h6-9,14H,2-5,18H2,1H3. The normalized spacial score (nSPS) is 26.1. The van der Waals surface area contributed by atoms with E-state index in [1.54, 1.807) is 12.1 Å². The van der Waals surface area contributed by atoms with Gasteiger partial charge in [-0.3, -0.25) is 0 Å². The third-order valence-electron chi connectivity index (χ3n) is 3.99. The van der Waals surface area contributed by atoms with Crippen LogP contribution in [0.3, 0.4) is 0 Å². The quantitative estimate of drug-likeness (QED) is 0.751. The summed E-state index contributed by atoms with van der Waals surface area (Å²) >= 11 is 9.13. The molecule has 1 fully saturated rings. The van der Waals surface area contributed by atoms with Gasteiger partial charge in [0.25, 0.3) is 0 Å². The van der Waals surface area contributed by atoms with Crippen molar-refractivity contribution in [2.45, 2.75) is 38.6 Å². The van der Waals surface area contributed by atoms with Crippen molar-refractivity contribution in [3.8, 4) is 0 Å². The minimum atomic E-state index is -0.378. The maximum Gasteiger partial charge on any atom is 0.147 e. The van der Waals surface area contributed by atoms with Crippen molar-refractivity contribution >= 4 is 27.5 Å². The van der Waals surface area contributed by atoms with Gasteiger partial charge in [0.1, 0.15) is 5.82 Å². The summed E-state index contributed by atoms with van der Waals surface area (Å²) in [6.45, 7) is 2.26. The lowest BCUT2D eigenvalue weighted by molar-refractivity contribution is 0.253. The Labute approximate surface area is 121 Å². The van der Waals surface area contributed by atoms with E-state index in [0.29, 0.717) is 16.0 Å². The van der Waals surface area contributed by atoms with Gasteiger partial charge in [-0.15, -0.1) is 0 Å². The molecular formula is C14H18BrClFN. The Morgan fingerprint density at radius 1 is 1.33 bits per heavy atom. The second-order valence-corrected chi connectivity index (χ2v) is 6.54. The van der Waals surface area contributed by atoms with E-state index < -0.39 is 0 Å². The summed E-state index contributed by atoms with van der Waals surface area (Å²) in [5, 5.41) is 0.132. The van der Waals surface area contributed by atoms with Crippen LogP contribution in [0.15, 0.2) is 16.6 Å². The zero-order valence-electron chi connectivity index (χ0n) is 10.4. The molecule has 1 aliphatic carbocycles. The third-order valence-corrected chi connectivity index (χ3v) is 5.25. The Kier molecular flexibility index (Phi) is 4.68. The second kappa shape index (κ2) is 5.89. The van der Waals surface area contributed by atoms with Gasteiger partial charge in [0, 0.05) is 16.1 Å². The summed E-state index contributed by atoms with van der Waals surface area (Å²) in [4.78, 5) is 0. The molecule has 0 amide bonds. The van der Waals surface area contributed by atoms with Gasteiger partial charge < -0.3 is 5.73 Å². The van der Waals surface area contributed by atoms with E-state index in [-0.39, 0.29) is 16.9 Å². The van der Waals surface area contributed by atoms with Crippen LogP contribution in [0.25, 0.3) is 0 Å². The maximum atomic E-state index is 14.1. The summed E-state index contributed by atoms with van der Waals surface area (Å²) in [6.07, 6.45) is 4.53. The average Bonchev–Trinajstić information content (AvgIpc) is 2.36. The smallest absolute Gasteiger partial charge is 0.147 e. The van der Waals surface area contributed by atoms with Crippen LogP contribution in [0.4, 0.5) is 4.39 Å². The maximum absolute atomic E-state index is 14.1. The lowest BCUT2D eigenvalue weighted by atomic mass is 9.77. The highest BCUT2D eigenvalue weighted by molar-refractivity contribution is 9.10. The molecule has 0 heterocycles. The summed E-state index contributed by atoms with van der Waals surface area (Å²) in [5.41, 5.74) is 6.77. The van der Waals surface area contributed by atoms with E-state index in [4.69, 9.17) is 17.3 Å². The van der Waals surface area contributed by atoms with E-state index in [1.807, 2.05) is 0 Å². The molecule has 0 radical (unpaired) electrons. The molecule has 1 aliphatic rings. The second-order valence-electron chi connectivity index (χ2n) is 5.31. The van der Waals surface area contributed by atoms with Crippen LogP contribution in [0.5, 0.6) is 0 Å². The predicted molar refractivity (Wildman–Crippen MR) is 77.2 cm³/mol. The molecule has 0 bridgehead atoms. The van der Waals surface area contributed by atoms with Crippen LogP contribution in [0, 0.1) is 17.7 Å². The topological polar surface area (TPSA) is 26.0 Å². The molecule has 1 unspecified atom stereocenters. The summed E-state index contributed by atoms with van der Waals surface area (Å²) in [6, 6.07) is 3.27. The molecular weight excluding hydrogens is 317 g/mol. The zero-order valence-corrected chi connectivity index (χ0v) is 12.8. The van der Waals surface area contributed by atoms with Gasteiger partial charge in [-0.05, 0) is 46.7 Å². The number of rotatable bonds is 2. The first-order valence-electron chi connectivity index (χ1n) is 6.39. The van der Waals surface area contributed by atoms with Gasteiger partial charge >= 0.3 is 0 Å². The lowest BCUT2D eigenvalue weighted by Gasteiger charge is -2.31. The summed E-state index contributed by atoms with van der Waals surface area (Å²) in [7, 11) is 0. The molecule has 1 aromatic rings. The van der Waals surface area contributed by atoms with Gasteiger partial charge in [0.05, 0.1) is 5.02 Å². The minimum absolute atomic E-state index is 0.132. The Balaban J connectivity index is 2.18. The van der Waals surface area contributed by atoms with Gasteiger partial charge in [-0.2, -0.15) is 0 Å². The van der Waals surface area contributed by atoms with E-state index in [2.05, 4.69) is 22.9 Å². The first kappa shape index (κ1) is 14.3. The van der Waals surface area contributed by atoms with E-state index in [1.165, 1.54) is 12.8 Å². The molecule has 0 aromatic heterocycles. The first-order valence-corrected chi connectivity index (χ1v) is 7.56. The van der Waals surface area contributed by atoms with E-state index >= 15 is 0 Å². The molecule has 1 aromatic carbocycles. The van der Waals surface area contributed by atoms with Gasteiger partial charge in [0.15, 0.2) is 0 Å². The van der Waals surface area contributed by atoms with Crippen molar-refractivity contribution in [2.75, 3.05) is 0 Å².